The van der Waals surface area contributed by atoms with Crippen LogP contribution < -0.4 is 10.2 Å². The van der Waals surface area contributed by atoms with Crippen molar-refractivity contribution in [1.82, 2.24) is 0 Å². The number of aliphatic hydroxyl groups excluding tert-OH is 1. The lowest BCUT2D eigenvalue weighted by Gasteiger charge is -2.32. The molecule has 4 rings (SSSR count). The van der Waals surface area contributed by atoms with Gasteiger partial charge >= 0.3 is 5.97 Å². The number of fused-ring (bicyclic) bond motifs is 1. The summed E-state index contributed by atoms with van der Waals surface area (Å²) in [7, 11) is 0. The number of nitrogens with zero attached hydrogens (tertiary/aromatic N) is 1. The fraction of sp³-hybridized carbons (Fsp3) is 0.364. The molecule has 8 nitrogen and oxygen atoms in total. The summed E-state index contributed by atoms with van der Waals surface area (Å²) in [6.45, 7) is 7.59. The molecule has 0 aliphatic carbocycles. The highest BCUT2D eigenvalue weighted by molar-refractivity contribution is 6.30. The highest BCUT2D eigenvalue weighted by atomic mass is 35.5. The third-order valence-corrected chi connectivity index (χ3v) is 7.89. The SMILES string of the molecule is Cc1cccc([C@H]2O[C@H](CC(=O)Nc3ccc(F)c(CCC(=O)O)c3)C(=O)N(CC(C)(C)CO)c3ccc(Cl)cc32)c1C. The van der Waals surface area contributed by atoms with E-state index in [0.717, 1.165) is 22.8 Å². The maximum absolute atomic E-state index is 14.3. The fourth-order valence-electron chi connectivity index (χ4n) is 5.11. The number of anilines is 2. The molecule has 0 radical (unpaired) electrons. The molecule has 0 fully saturated rings. The minimum atomic E-state index is -1.21. The van der Waals surface area contributed by atoms with E-state index >= 15 is 0 Å². The highest BCUT2D eigenvalue weighted by Gasteiger charge is 2.40. The van der Waals surface area contributed by atoms with Crippen LogP contribution in [0.2, 0.25) is 5.02 Å². The van der Waals surface area contributed by atoms with E-state index < -0.39 is 41.2 Å². The van der Waals surface area contributed by atoms with Gasteiger partial charge in [0, 0.05) is 46.9 Å². The van der Waals surface area contributed by atoms with E-state index in [1.54, 1.807) is 23.1 Å². The number of rotatable bonds is 10. The van der Waals surface area contributed by atoms with Gasteiger partial charge in [0.05, 0.1) is 6.42 Å². The molecule has 43 heavy (non-hydrogen) atoms. The summed E-state index contributed by atoms with van der Waals surface area (Å²) in [6, 6.07) is 14.9. The Morgan fingerprint density at radius 2 is 1.84 bits per heavy atom. The lowest BCUT2D eigenvalue weighted by molar-refractivity contribution is -0.137. The molecular weight excluding hydrogens is 575 g/mol. The second kappa shape index (κ2) is 13.2. The number of amides is 2. The number of carbonyl (C=O) groups excluding carboxylic acids is 2. The van der Waals surface area contributed by atoms with Crippen molar-refractivity contribution in [2.24, 2.45) is 5.41 Å². The van der Waals surface area contributed by atoms with Crippen LogP contribution in [-0.4, -0.2) is 47.3 Å². The van der Waals surface area contributed by atoms with Gasteiger partial charge in [-0.25, -0.2) is 4.39 Å². The predicted molar refractivity (Wildman–Crippen MR) is 163 cm³/mol. The van der Waals surface area contributed by atoms with E-state index in [2.05, 4.69) is 5.32 Å². The van der Waals surface area contributed by atoms with Gasteiger partial charge in [-0.05, 0) is 78.9 Å². The molecule has 1 heterocycles. The molecule has 3 N–H and O–H groups in total. The van der Waals surface area contributed by atoms with E-state index in [1.165, 1.54) is 12.1 Å². The van der Waals surface area contributed by atoms with Gasteiger partial charge in [-0.3, -0.25) is 14.4 Å². The number of carboxylic acid groups (broad SMARTS) is 1. The number of ether oxygens (including phenoxy) is 1. The van der Waals surface area contributed by atoms with Crippen LogP contribution in [0.5, 0.6) is 0 Å². The lowest BCUT2D eigenvalue weighted by Crippen LogP contribution is -2.46. The molecule has 2 amide bonds. The average molecular weight is 611 g/mol. The largest absolute Gasteiger partial charge is 0.481 e. The highest BCUT2D eigenvalue weighted by Crippen LogP contribution is 2.42. The Kier molecular flexibility index (Phi) is 9.89. The number of carbonyl (C=O) groups is 3. The maximum Gasteiger partial charge on any atom is 0.303 e. The first kappa shape index (κ1) is 32.1. The number of halogens is 2. The number of nitrogens with one attached hydrogen (secondary N) is 1. The van der Waals surface area contributed by atoms with Crippen molar-refractivity contribution in [3.63, 3.8) is 0 Å². The molecule has 1 aliphatic rings. The first-order chi connectivity index (χ1) is 20.3. The van der Waals surface area contributed by atoms with Crippen LogP contribution in [0.25, 0.3) is 0 Å². The van der Waals surface area contributed by atoms with Gasteiger partial charge in [-0.15, -0.1) is 0 Å². The summed E-state index contributed by atoms with van der Waals surface area (Å²) >= 11 is 6.45. The Morgan fingerprint density at radius 3 is 2.53 bits per heavy atom. The summed E-state index contributed by atoms with van der Waals surface area (Å²) in [5.74, 6) is -2.63. The zero-order valence-corrected chi connectivity index (χ0v) is 25.4. The standard InChI is InChI=1S/C33H36ClFN2O6/c1-19-6-5-7-24(20(19)2)31-25-15-22(34)9-12-27(25)37(17-33(3,4)18-38)32(42)28(43-31)16-29(39)36-23-10-11-26(35)21(14-23)8-13-30(40)41/h5-7,9-12,14-15,28,31,38H,8,13,16-18H2,1-4H3,(H,36,39)(H,40,41)/t28-,31-/m1/s1. The minimum absolute atomic E-state index is 0.0386. The topological polar surface area (TPSA) is 116 Å². The van der Waals surface area contributed by atoms with E-state index in [4.69, 9.17) is 21.4 Å². The van der Waals surface area contributed by atoms with Crippen molar-refractivity contribution in [1.29, 1.82) is 0 Å². The van der Waals surface area contributed by atoms with Crippen molar-refractivity contribution < 1.29 is 33.7 Å². The van der Waals surface area contributed by atoms with Crippen LogP contribution in [0, 0.1) is 25.1 Å². The van der Waals surface area contributed by atoms with Crippen LogP contribution in [0.15, 0.2) is 54.6 Å². The molecule has 0 spiro atoms. The van der Waals surface area contributed by atoms with Gasteiger partial charge in [0.15, 0.2) is 0 Å². The number of benzene rings is 3. The summed E-state index contributed by atoms with van der Waals surface area (Å²) in [6.07, 6.45) is -2.59. The van der Waals surface area contributed by atoms with Crippen LogP contribution in [-0.2, 0) is 25.5 Å². The van der Waals surface area contributed by atoms with Gasteiger partial charge in [0.2, 0.25) is 5.91 Å². The Labute approximate surface area is 255 Å². The molecule has 1 aliphatic heterocycles. The fourth-order valence-corrected chi connectivity index (χ4v) is 5.29. The minimum Gasteiger partial charge on any atom is -0.481 e. The molecule has 10 heteroatoms. The van der Waals surface area contributed by atoms with E-state index in [9.17, 15) is 23.9 Å². The van der Waals surface area contributed by atoms with Gasteiger partial charge < -0.3 is 25.2 Å². The Morgan fingerprint density at radius 1 is 1.09 bits per heavy atom. The van der Waals surface area contributed by atoms with Gasteiger partial charge in [-0.2, -0.15) is 0 Å². The van der Waals surface area contributed by atoms with E-state index in [1.807, 2.05) is 45.9 Å². The zero-order chi connectivity index (χ0) is 31.5. The van der Waals surface area contributed by atoms with Gasteiger partial charge in [0.1, 0.15) is 18.0 Å². The summed E-state index contributed by atoms with van der Waals surface area (Å²) in [5.41, 5.74) is 3.82. The number of hydrogen-bond donors (Lipinski definition) is 3. The Hall–Kier alpha value is -3.79. The first-order valence-corrected chi connectivity index (χ1v) is 14.4. The summed E-state index contributed by atoms with van der Waals surface area (Å²) in [4.78, 5) is 40.0. The lowest BCUT2D eigenvalue weighted by atomic mass is 9.91. The molecule has 0 unspecified atom stereocenters. The van der Waals surface area contributed by atoms with Crippen LogP contribution in [0.3, 0.4) is 0 Å². The monoisotopic (exact) mass is 610 g/mol. The Bertz CT molecular complexity index is 1540. The predicted octanol–water partition coefficient (Wildman–Crippen LogP) is 5.98. The third kappa shape index (κ3) is 7.60. The average Bonchev–Trinajstić information content (AvgIpc) is 3.05. The first-order valence-electron chi connectivity index (χ1n) is 14.0. The van der Waals surface area contributed by atoms with Crippen LogP contribution in [0.1, 0.15) is 60.6 Å². The number of carboxylic acids is 1. The number of aliphatic hydroxyl groups is 1. The van der Waals surface area contributed by atoms with Crippen molar-refractivity contribution in [3.8, 4) is 0 Å². The molecule has 0 saturated heterocycles. The van der Waals surface area contributed by atoms with Crippen LogP contribution >= 0.6 is 11.6 Å². The van der Waals surface area contributed by atoms with E-state index in [0.29, 0.717) is 16.3 Å². The third-order valence-electron chi connectivity index (χ3n) is 7.66. The molecule has 2 atom stereocenters. The number of aliphatic carboxylic acids is 1. The van der Waals surface area contributed by atoms with Gasteiger partial charge in [-0.1, -0.05) is 43.6 Å². The molecule has 3 aromatic rings. The van der Waals surface area contributed by atoms with Crippen molar-refractivity contribution in [3.05, 3.63) is 93.3 Å². The molecule has 3 aromatic carbocycles. The molecular formula is C33H36ClFN2O6. The smallest absolute Gasteiger partial charge is 0.303 e. The van der Waals surface area contributed by atoms with Crippen molar-refractivity contribution in [2.75, 3.05) is 23.4 Å². The molecule has 0 bridgehead atoms. The summed E-state index contributed by atoms with van der Waals surface area (Å²) in [5, 5.41) is 22.2. The Balaban J connectivity index is 1.72. The quantitative estimate of drug-likeness (QED) is 0.260. The molecule has 0 aromatic heterocycles. The zero-order valence-electron chi connectivity index (χ0n) is 24.6. The number of hydrogen-bond acceptors (Lipinski definition) is 5. The van der Waals surface area contributed by atoms with Crippen molar-refractivity contribution >= 4 is 40.8 Å². The summed E-state index contributed by atoms with van der Waals surface area (Å²) < 4.78 is 20.8. The molecule has 228 valence electrons. The molecule has 0 saturated carbocycles. The second-order valence-electron chi connectivity index (χ2n) is 11.7. The second-order valence-corrected chi connectivity index (χ2v) is 12.1. The van der Waals surface area contributed by atoms with Gasteiger partial charge in [0.25, 0.3) is 5.91 Å². The maximum atomic E-state index is 14.3. The van der Waals surface area contributed by atoms with Crippen LogP contribution in [0.4, 0.5) is 15.8 Å². The number of aryl methyl sites for hydroxylation is 2. The van der Waals surface area contributed by atoms with Crippen molar-refractivity contribution in [2.45, 2.75) is 59.2 Å². The van der Waals surface area contributed by atoms with E-state index in [-0.39, 0.29) is 43.7 Å². The normalized spacial score (nSPS) is 16.9.